The minimum atomic E-state index is -0.624. The van der Waals surface area contributed by atoms with Crippen molar-refractivity contribution in [2.75, 3.05) is 5.32 Å². The molecule has 0 aliphatic rings. The van der Waals surface area contributed by atoms with Crippen molar-refractivity contribution < 1.29 is 9.59 Å². The van der Waals surface area contributed by atoms with Crippen LogP contribution in [0.4, 0.5) is 5.69 Å². The zero-order valence-corrected chi connectivity index (χ0v) is 14.8. The van der Waals surface area contributed by atoms with Gasteiger partial charge in [0.15, 0.2) is 0 Å². The minimum Gasteiger partial charge on any atom is -0.339 e. The van der Waals surface area contributed by atoms with Crippen LogP contribution in [0.2, 0.25) is 0 Å². The van der Waals surface area contributed by atoms with Gasteiger partial charge in [-0.15, -0.1) is 11.3 Å². The van der Waals surface area contributed by atoms with E-state index in [4.69, 9.17) is 0 Å². The summed E-state index contributed by atoms with van der Waals surface area (Å²) in [5, 5.41) is 8.45. The number of fused-ring (bicyclic) bond motifs is 1. The van der Waals surface area contributed by atoms with E-state index in [1.807, 2.05) is 55.6 Å². The van der Waals surface area contributed by atoms with Crippen molar-refractivity contribution in [3.63, 3.8) is 0 Å². The minimum absolute atomic E-state index is 0.0441. The molecule has 1 atom stereocenters. The van der Waals surface area contributed by atoms with Crippen molar-refractivity contribution in [1.82, 2.24) is 10.3 Å². The highest BCUT2D eigenvalue weighted by molar-refractivity contribution is 7.12. The molecule has 0 saturated heterocycles. The largest absolute Gasteiger partial charge is 0.339 e. The number of nitrogens with zero attached hydrogens (tertiary/aromatic N) is 1. The second-order valence-corrected chi connectivity index (χ2v) is 7.03. The third-order valence-corrected chi connectivity index (χ3v) is 4.71. The number of aromatic nitrogens is 1. The lowest BCUT2D eigenvalue weighted by molar-refractivity contribution is -0.118. The number of hydrogen-bond donors (Lipinski definition) is 2. The zero-order valence-electron chi connectivity index (χ0n) is 14.0. The highest BCUT2D eigenvalue weighted by Crippen LogP contribution is 2.17. The smallest absolute Gasteiger partial charge is 0.262 e. The van der Waals surface area contributed by atoms with E-state index in [-0.39, 0.29) is 17.7 Å². The molecule has 0 radical (unpaired) electrons. The maximum absolute atomic E-state index is 12.6. The fourth-order valence-corrected chi connectivity index (χ4v) is 3.14. The summed E-state index contributed by atoms with van der Waals surface area (Å²) in [6.07, 6.45) is 1.62. The lowest BCUT2D eigenvalue weighted by Crippen LogP contribution is -2.46. The van der Waals surface area contributed by atoms with Crippen molar-refractivity contribution in [1.29, 1.82) is 0 Å². The van der Waals surface area contributed by atoms with Gasteiger partial charge in [-0.3, -0.25) is 14.6 Å². The molecule has 3 aromatic rings. The van der Waals surface area contributed by atoms with Crippen molar-refractivity contribution in [3.05, 3.63) is 58.9 Å². The van der Waals surface area contributed by atoms with E-state index in [9.17, 15) is 9.59 Å². The van der Waals surface area contributed by atoms with Gasteiger partial charge in [-0.05, 0) is 29.5 Å². The van der Waals surface area contributed by atoms with E-state index in [0.29, 0.717) is 10.6 Å². The van der Waals surface area contributed by atoms with Gasteiger partial charge in [0.1, 0.15) is 6.04 Å². The number of nitrogens with one attached hydrogen (secondary N) is 2. The van der Waals surface area contributed by atoms with Gasteiger partial charge in [0, 0.05) is 5.39 Å². The average molecular weight is 353 g/mol. The molecule has 0 saturated carbocycles. The summed E-state index contributed by atoms with van der Waals surface area (Å²) < 4.78 is 0. The summed E-state index contributed by atoms with van der Waals surface area (Å²) in [6.45, 7) is 3.80. The maximum atomic E-state index is 12.6. The van der Waals surface area contributed by atoms with Crippen molar-refractivity contribution in [2.45, 2.75) is 19.9 Å². The van der Waals surface area contributed by atoms with E-state index >= 15 is 0 Å². The van der Waals surface area contributed by atoms with Gasteiger partial charge >= 0.3 is 0 Å². The van der Waals surface area contributed by atoms with E-state index in [0.717, 1.165) is 10.9 Å². The number of rotatable bonds is 5. The molecule has 2 heterocycles. The molecule has 0 aliphatic heterocycles. The number of hydrogen-bond acceptors (Lipinski definition) is 4. The molecular formula is C19H19N3O2S. The molecule has 1 aromatic carbocycles. The molecule has 0 aliphatic carbocycles. The Morgan fingerprint density at radius 2 is 1.92 bits per heavy atom. The monoisotopic (exact) mass is 353 g/mol. The van der Waals surface area contributed by atoms with Crippen molar-refractivity contribution in [3.8, 4) is 0 Å². The lowest BCUT2D eigenvalue weighted by atomic mass is 10.0. The number of benzene rings is 1. The second-order valence-electron chi connectivity index (χ2n) is 6.08. The fourth-order valence-electron chi connectivity index (χ4n) is 2.51. The van der Waals surface area contributed by atoms with E-state index in [1.54, 1.807) is 12.3 Å². The quantitative estimate of drug-likeness (QED) is 0.735. The predicted octanol–water partition coefficient (Wildman–Crippen LogP) is 3.69. The van der Waals surface area contributed by atoms with Gasteiger partial charge < -0.3 is 10.6 Å². The van der Waals surface area contributed by atoms with Crippen LogP contribution in [0.3, 0.4) is 0 Å². The number of para-hydroxylation sites is 1. The van der Waals surface area contributed by atoms with Gasteiger partial charge in [-0.1, -0.05) is 38.1 Å². The molecule has 5 nitrogen and oxygen atoms in total. The molecule has 1 unspecified atom stereocenters. The van der Waals surface area contributed by atoms with Gasteiger partial charge in [0.05, 0.1) is 22.3 Å². The number of anilines is 1. The van der Waals surface area contributed by atoms with Crippen LogP contribution >= 0.6 is 11.3 Å². The predicted molar refractivity (Wildman–Crippen MR) is 101 cm³/mol. The number of pyridine rings is 1. The Bertz CT molecular complexity index is 891. The molecule has 2 amide bonds. The summed E-state index contributed by atoms with van der Waals surface area (Å²) in [5.41, 5.74) is 1.48. The Morgan fingerprint density at radius 1 is 1.12 bits per heavy atom. The first kappa shape index (κ1) is 17.1. The first-order chi connectivity index (χ1) is 12.0. The van der Waals surface area contributed by atoms with Crippen molar-refractivity contribution in [2.24, 2.45) is 5.92 Å². The van der Waals surface area contributed by atoms with Crippen LogP contribution in [0, 0.1) is 5.92 Å². The molecule has 0 bridgehead atoms. The molecule has 0 spiro atoms. The molecule has 2 N–H and O–H groups in total. The number of carbonyl (C=O) groups is 2. The van der Waals surface area contributed by atoms with E-state index in [2.05, 4.69) is 15.6 Å². The standard InChI is InChI=1S/C19H19N3O2S/c1-12(2)17(22-18(23)16-8-5-9-25-16)19(24)21-14-10-13-6-3-4-7-15(13)20-11-14/h3-12,17H,1-2H3,(H,21,24)(H,22,23). The Hall–Kier alpha value is -2.73. The van der Waals surface area contributed by atoms with Crippen LogP contribution in [0.25, 0.3) is 10.9 Å². The molecule has 6 heteroatoms. The van der Waals surface area contributed by atoms with Gasteiger partial charge in [-0.25, -0.2) is 0 Å². The third-order valence-electron chi connectivity index (χ3n) is 3.84. The van der Waals surface area contributed by atoms with Crippen molar-refractivity contribution >= 4 is 39.7 Å². The zero-order chi connectivity index (χ0) is 17.8. The highest BCUT2D eigenvalue weighted by Gasteiger charge is 2.25. The molecule has 2 aromatic heterocycles. The van der Waals surface area contributed by atoms with E-state index in [1.165, 1.54) is 11.3 Å². The lowest BCUT2D eigenvalue weighted by Gasteiger charge is -2.21. The summed E-state index contributed by atoms with van der Waals surface area (Å²) in [6, 6.07) is 12.5. The fraction of sp³-hybridized carbons (Fsp3) is 0.211. The average Bonchev–Trinajstić information content (AvgIpc) is 3.13. The normalized spacial score (nSPS) is 12.1. The Morgan fingerprint density at radius 3 is 2.64 bits per heavy atom. The van der Waals surface area contributed by atoms with Gasteiger partial charge in [0.2, 0.25) is 5.91 Å². The summed E-state index contributed by atoms with van der Waals surface area (Å²) in [5.74, 6) is -0.533. The molecule has 128 valence electrons. The van der Waals surface area contributed by atoms with Crippen LogP contribution in [0.15, 0.2) is 54.0 Å². The van der Waals surface area contributed by atoms with Gasteiger partial charge in [0.25, 0.3) is 5.91 Å². The molecule has 3 rings (SSSR count). The number of amides is 2. The van der Waals surface area contributed by atoms with Gasteiger partial charge in [-0.2, -0.15) is 0 Å². The number of thiophene rings is 1. The third kappa shape index (κ3) is 4.03. The van der Waals surface area contributed by atoms with Crippen LogP contribution in [0.1, 0.15) is 23.5 Å². The van der Waals surface area contributed by atoms with Crippen LogP contribution in [-0.2, 0) is 4.79 Å². The Kier molecular flexibility index (Phi) is 5.09. The second kappa shape index (κ2) is 7.44. The maximum Gasteiger partial charge on any atom is 0.262 e. The van der Waals surface area contributed by atoms with E-state index < -0.39 is 6.04 Å². The first-order valence-corrected chi connectivity index (χ1v) is 8.92. The first-order valence-electron chi connectivity index (χ1n) is 8.04. The highest BCUT2D eigenvalue weighted by atomic mass is 32.1. The van der Waals surface area contributed by atoms with Crippen LogP contribution < -0.4 is 10.6 Å². The van der Waals surface area contributed by atoms with Crippen LogP contribution in [0.5, 0.6) is 0 Å². The summed E-state index contributed by atoms with van der Waals surface area (Å²) >= 11 is 1.35. The molecular weight excluding hydrogens is 334 g/mol. The van der Waals surface area contributed by atoms with Crippen LogP contribution in [-0.4, -0.2) is 22.8 Å². The summed E-state index contributed by atoms with van der Waals surface area (Å²) in [7, 11) is 0. The summed E-state index contributed by atoms with van der Waals surface area (Å²) in [4.78, 5) is 29.8. The topological polar surface area (TPSA) is 71.1 Å². The number of carbonyl (C=O) groups excluding carboxylic acids is 2. The molecule has 25 heavy (non-hydrogen) atoms. The Labute approximate surface area is 150 Å². The Balaban J connectivity index is 1.74. The molecule has 0 fully saturated rings. The SMILES string of the molecule is CC(C)C(NC(=O)c1cccs1)C(=O)Nc1cnc2ccccc2c1.